The van der Waals surface area contributed by atoms with Crippen molar-refractivity contribution < 1.29 is 5.11 Å². The van der Waals surface area contributed by atoms with Crippen LogP contribution in [-0.2, 0) is 6.54 Å². The number of hydrogen-bond acceptors (Lipinski definition) is 4. The number of anilines is 1. The van der Waals surface area contributed by atoms with Crippen molar-refractivity contribution in [1.82, 2.24) is 4.98 Å². The normalized spacial score (nSPS) is 10.7. The Hall–Kier alpha value is -1.56. The van der Waals surface area contributed by atoms with Crippen LogP contribution in [-0.4, -0.2) is 10.1 Å². The maximum Gasteiger partial charge on any atom is 0.183 e. The number of para-hydroxylation sites is 1. The molecule has 0 amide bonds. The van der Waals surface area contributed by atoms with Crippen LogP contribution in [0.25, 0.3) is 11.1 Å². The van der Waals surface area contributed by atoms with E-state index in [1.807, 2.05) is 37.3 Å². The number of aryl methyl sites for hydroxylation is 1. The van der Waals surface area contributed by atoms with E-state index in [-0.39, 0.29) is 5.75 Å². The first-order valence-corrected chi connectivity index (χ1v) is 8.96. The van der Waals surface area contributed by atoms with Gasteiger partial charge in [-0.25, -0.2) is 4.98 Å². The van der Waals surface area contributed by atoms with Crippen LogP contribution >= 0.6 is 38.9 Å². The number of thiazole rings is 1. The van der Waals surface area contributed by atoms with Gasteiger partial charge in [-0.15, -0.1) is 11.3 Å². The molecule has 23 heavy (non-hydrogen) atoms. The Morgan fingerprint density at radius 1 is 1.22 bits per heavy atom. The SMILES string of the molecule is Cc1ccc(-c2ccccc2O)c(NCc2cnc(Cl)s2)c1Br. The maximum atomic E-state index is 10.2. The zero-order valence-corrected chi connectivity index (χ0v) is 15.5. The molecule has 3 rings (SSSR count). The number of aromatic hydroxyl groups is 1. The van der Waals surface area contributed by atoms with Gasteiger partial charge in [-0.1, -0.05) is 41.9 Å². The Kier molecular flexibility index (Phi) is 4.90. The minimum absolute atomic E-state index is 0.257. The zero-order chi connectivity index (χ0) is 16.4. The number of phenols is 1. The van der Waals surface area contributed by atoms with Gasteiger partial charge in [-0.3, -0.25) is 0 Å². The zero-order valence-electron chi connectivity index (χ0n) is 12.3. The van der Waals surface area contributed by atoms with Gasteiger partial charge in [0.1, 0.15) is 5.75 Å². The molecule has 0 fully saturated rings. The molecule has 0 radical (unpaired) electrons. The Morgan fingerprint density at radius 3 is 2.70 bits per heavy atom. The van der Waals surface area contributed by atoms with Crippen LogP contribution in [0.2, 0.25) is 4.47 Å². The standard InChI is InChI=1S/C17H14BrClN2OS/c1-10-6-7-13(12-4-2-3-5-14(12)22)16(15(10)18)20-8-11-9-21-17(19)23-11/h2-7,9,20,22H,8H2,1H3. The Labute approximate surface area is 152 Å². The summed E-state index contributed by atoms with van der Waals surface area (Å²) in [7, 11) is 0. The van der Waals surface area contributed by atoms with Crippen molar-refractivity contribution in [3.8, 4) is 16.9 Å². The van der Waals surface area contributed by atoms with Gasteiger partial charge in [0.15, 0.2) is 4.47 Å². The van der Waals surface area contributed by atoms with Gasteiger partial charge in [-0.2, -0.15) is 0 Å². The molecule has 0 aliphatic heterocycles. The summed E-state index contributed by atoms with van der Waals surface area (Å²) in [6.07, 6.45) is 1.77. The summed E-state index contributed by atoms with van der Waals surface area (Å²) < 4.78 is 1.51. The maximum absolute atomic E-state index is 10.2. The minimum Gasteiger partial charge on any atom is -0.507 e. The molecule has 3 nitrogen and oxygen atoms in total. The summed E-state index contributed by atoms with van der Waals surface area (Å²) >= 11 is 11.0. The van der Waals surface area contributed by atoms with Gasteiger partial charge in [-0.05, 0) is 34.5 Å². The lowest BCUT2D eigenvalue weighted by atomic mass is 10.0. The molecular formula is C17H14BrClN2OS. The van der Waals surface area contributed by atoms with Crippen LogP contribution < -0.4 is 5.32 Å². The molecule has 1 aromatic heterocycles. The van der Waals surface area contributed by atoms with Gasteiger partial charge in [0.2, 0.25) is 0 Å². The topological polar surface area (TPSA) is 45.1 Å². The lowest BCUT2D eigenvalue weighted by Crippen LogP contribution is -2.01. The molecule has 2 aromatic carbocycles. The predicted octanol–water partition coefficient (Wildman–Crippen LogP) is 5.85. The molecule has 0 aliphatic rings. The number of nitrogens with zero attached hydrogens (tertiary/aromatic N) is 1. The fourth-order valence-corrected chi connectivity index (χ4v) is 3.72. The molecular weight excluding hydrogens is 396 g/mol. The van der Waals surface area contributed by atoms with E-state index in [1.54, 1.807) is 12.3 Å². The van der Waals surface area contributed by atoms with Gasteiger partial charge in [0.05, 0.1) is 12.2 Å². The first-order valence-electron chi connectivity index (χ1n) is 6.98. The number of rotatable bonds is 4. The van der Waals surface area contributed by atoms with Crippen molar-refractivity contribution in [1.29, 1.82) is 0 Å². The van der Waals surface area contributed by atoms with E-state index in [9.17, 15) is 5.11 Å². The summed E-state index contributed by atoms with van der Waals surface area (Å²) in [5.74, 6) is 0.257. The van der Waals surface area contributed by atoms with Crippen LogP contribution in [0, 0.1) is 6.92 Å². The van der Waals surface area contributed by atoms with E-state index in [1.165, 1.54) is 11.3 Å². The van der Waals surface area contributed by atoms with Crippen molar-refractivity contribution in [2.24, 2.45) is 0 Å². The summed E-state index contributed by atoms with van der Waals surface area (Å²) in [5.41, 5.74) is 3.79. The Morgan fingerprint density at radius 2 is 2.00 bits per heavy atom. The smallest absolute Gasteiger partial charge is 0.183 e. The van der Waals surface area contributed by atoms with Crippen LogP contribution in [0.15, 0.2) is 47.1 Å². The molecule has 0 saturated heterocycles. The Bertz CT molecular complexity index is 850. The van der Waals surface area contributed by atoms with Gasteiger partial charge >= 0.3 is 0 Å². The van der Waals surface area contributed by atoms with E-state index in [0.29, 0.717) is 11.0 Å². The first kappa shape index (κ1) is 16.3. The fraction of sp³-hybridized carbons (Fsp3) is 0.118. The molecule has 2 N–H and O–H groups in total. The third-order valence-electron chi connectivity index (χ3n) is 3.49. The second kappa shape index (κ2) is 6.91. The van der Waals surface area contributed by atoms with Gasteiger partial charge in [0, 0.05) is 26.7 Å². The lowest BCUT2D eigenvalue weighted by molar-refractivity contribution is 0.477. The average molecular weight is 410 g/mol. The quantitative estimate of drug-likeness (QED) is 0.568. The van der Waals surface area contributed by atoms with Crippen molar-refractivity contribution in [3.05, 3.63) is 62.0 Å². The van der Waals surface area contributed by atoms with Crippen molar-refractivity contribution in [2.45, 2.75) is 13.5 Å². The van der Waals surface area contributed by atoms with Crippen LogP contribution in [0.3, 0.4) is 0 Å². The largest absolute Gasteiger partial charge is 0.507 e. The minimum atomic E-state index is 0.257. The van der Waals surface area contributed by atoms with E-state index in [4.69, 9.17) is 11.6 Å². The first-order chi connectivity index (χ1) is 11.1. The van der Waals surface area contributed by atoms with E-state index >= 15 is 0 Å². The third kappa shape index (κ3) is 3.52. The molecule has 1 heterocycles. The molecule has 6 heteroatoms. The molecule has 0 bridgehead atoms. The predicted molar refractivity (Wildman–Crippen MR) is 100 cm³/mol. The average Bonchev–Trinajstić information content (AvgIpc) is 2.95. The molecule has 0 atom stereocenters. The van der Waals surface area contributed by atoms with Crippen LogP contribution in [0.5, 0.6) is 5.75 Å². The highest BCUT2D eigenvalue weighted by molar-refractivity contribution is 9.10. The highest BCUT2D eigenvalue weighted by atomic mass is 79.9. The van der Waals surface area contributed by atoms with E-state index in [2.05, 4.69) is 26.2 Å². The summed E-state index contributed by atoms with van der Waals surface area (Å²) in [6.45, 7) is 2.65. The Balaban J connectivity index is 2.00. The van der Waals surface area contributed by atoms with Crippen LogP contribution in [0.1, 0.15) is 10.4 Å². The number of phenolic OH excluding ortho intramolecular Hbond substituents is 1. The molecule has 0 saturated carbocycles. The van der Waals surface area contributed by atoms with Crippen LogP contribution in [0.4, 0.5) is 5.69 Å². The fourth-order valence-electron chi connectivity index (χ4n) is 2.32. The van der Waals surface area contributed by atoms with Crippen molar-refractivity contribution in [2.75, 3.05) is 5.32 Å². The molecule has 0 unspecified atom stereocenters. The second-order valence-corrected chi connectivity index (χ2v) is 7.56. The summed E-state index contributed by atoms with van der Waals surface area (Å²) in [4.78, 5) is 5.10. The second-order valence-electron chi connectivity index (χ2n) is 5.07. The lowest BCUT2D eigenvalue weighted by Gasteiger charge is -2.16. The van der Waals surface area contributed by atoms with Gasteiger partial charge in [0.25, 0.3) is 0 Å². The number of aromatic nitrogens is 1. The number of benzene rings is 2. The number of hydrogen-bond donors (Lipinski definition) is 2. The monoisotopic (exact) mass is 408 g/mol. The summed E-state index contributed by atoms with van der Waals surface area (Å²) in [6, 6.07) is 11.4. The number of nitrogens with one attached hydrogen (secondary N) is 1. The summed E-state index contributed by atoms with van der Waals surface area (Å²) in [5, 5.41) is 13.6. The molecule has 3 aromatic rings. The molecule has 0 spiro atoms. The highest BCUT2D eigenvalue weighted by Crippen LogP contribution is 2.40. The van der Waals surface area contributed by atoms with Crippen molar-refractivity contribution in [3.63, 3.8) is 0 Å². The van der Waals surface area contributed by atoms with Crippen molar-refractivity contribution >= 4 is 44.6 Å². The van der Waals surface area contributed by atoms with E-state index in [0.717, 1.165) is 31.7 Å². The number of halogens is 2. The molecule has 118 valence electrons. The molecule has 0 aliphatic carbocycles. The highest BCUT2D eigenvalue weighted by Gasteiger charge is 2.14. The third-order valence-corrected chi connectivity index (χ3v) is 5.63. The van der Waals surface area contributed by atoms with Gasteiger partial charge < -0.3 is 10.4 Å². The van der Waals surface area contributed by atoms with E-state index < -0.39 is 0 Å².